The minimum absolute atomic E-state index is 0.0834. The van der Waals surface area contributed by atoms with Crippen LogP contribution < -0.4 is 0 Å². The largest absolute Gasteiger partial charge is 0.466 e. The lowest BCUT2D eigenvalue weighted by molar-refractivity contribution is -0.145. The molecule has 0 aliphatic carbocycles. The molecule has 0 radical (unpaired) electrons. The van der Waals surface area contributed by atoms with E-state index in [0.717, 1.165) is 103 Å². The Morgan fingerprint density at radius 3 is 1.35 bits per heavy atom. The number of carbonyl (C=O) groups excluding carboxylic acids is 2. The number of hydrogen-bond donors (Lipinski definition) is 3. The molecule has 0 spiro atoms. The Kier molecular flexibility index (Phi) is 37.5. The molecule has 304 valence electrons. The van der Waals surface area contributed by atoms with Crippen LogP contribution in [0, 0.1) is 0 Å². The molecule has 2 atom stereocenters. The molecular weight excluding hydrogens is 644 g/mol. The maximum absolute atomic E-state index is 12.4. The number of rotatable bonds is 40. The highest BCUT2D eigenvalue weighted by Crippen LogP contribution is 2.12. The van der Waals surface area contributed by atoms with E-state index in [-0.39, 0.29) is 25.2 Å². The number of aliphatic hydroxyl groups is 3. The van der Waals surface area contributed by atoms with E-state index in [1.807, 2.05) is 0 Å². The topological polar surface area (TPSA) is 120 Å². The second kappa shape index (κ2) is 38.5. The van der Waals surface area contributed by atoms with Crippen LogP contribution in [0.15, 0.2) is 0 Å². The fourth-order valence-electron chi connectivity index (χ4n) is 6.54. The number of carbonyl (C=O) groups is 2. The lowest BCUT2D eigenvalue weighted by atomic mass is 10.1. The average Bonchev–Trinajstić information content (AvgIpc) is 3.10. The number of unbranched alkanes of at least 4 members (excludes halogenated alkanes) is 17. The van der Waals surface area contributed by atoms with Gasteiger partial charge in [0, 0.05) is 39.0 Å². The van der Waals surface area contributed by atoms with Gasteiger partial charge in [-0.25, -0.2) is 0 Å². The highest BCUT2D eigenvalue weighted by molar-refractivity contribution is 5.69. The molecule has 0 aromatic rings. The molecule has 0 rings (SSSR count). The summed E-state index contributed by atoms with van der Waals surface area (Å²) in [5.41, 5.74) is 0. The lowest BCUT2D eigenvalue weighted by Crippen LogP contribution is -2.40. The van der Waals surface area contributed by atoms with Gasteiger partial charge in [-0.05, 0) is 58.0 Å². The van der Waals surface area contributed by atoms with Gasteiger partial charge in [-0.2, -0.15) is 0 Å². The van der Waals surface area contributed by atoms with Gasteiger partial charge in [0.2, 0.25) is 0 Å². The zero-order valence-corrected chi connectivity index (χ0v) is 33.8. The SMILES string of the molecule is CCCCCCCCCCOC(=O)CCCCCN(CCO)CCCCCC(=O)OCCN(CC(O)CCCCCC)CC(O)CCCCCC. The summed E-state index contributed by atoms with van der Waals surface area (Å²) >= 11 is 0. The maximum atomic E-state index is 12.4. The first-order valence-electron chi connectivity index (χ1n) is 21.6. The number of nitrogens with zero attached hydrogens (tertiary/aromatic N) is 2. The van der Waals surface area contributed by atoms with Crippen LogP contribution in [0.5, 0.6) is 0 Å². The molecule has 2 unspecified atom stereocenters. The summed E-state index contributed by atoms with van der Waals surface area (Å²) in [7, 11) is 0. The second-order valence-electron chi connectivity index (χ2n) is 14.9. The summed E-state index contributed by atoms with van der Waals surface area (Å²) in [6.45, 7) is 11.5. The third-order valence-corrected chi connectivity index (χ3v) is 9.78. The van der Waals surface area contributed by atoms with E-state index in [4.69, 9.17) is 9.47 Å². The molecule has 0 saturated carbocycles. The van der Waals surface area contributed by atoms with E-state index < -0.39 is 12.2 Å². The summed E-state index contributed by atoms with van der Waals surface area (Å²) < 4.78 is 11.0. The van der Waals surface area contributed by atoms with E-state index in [1.165, 1.54) is 64.2 Å². The Balaban J connectivity index is 4.15. The molecule has 0 aromatic heterocycles. The molecule has 0 aromatic carbocycles. The van der Waals surface area contributed by atoms with Crippen LogP contribution in [0.25, 0.3) is 0 Å². The van der Waals surface area contributed by atoms with Crippen LogP contribution in [-0.2, 0) is 19.1 Å². The minimum atomic E-state index is -0.437. The van der Waals surface area contributed by atoms with Gasteiger partial charge in [-0.15, -0.1) is 0 Å². The Morgan fingerprint density at radius 2 is 0.882 bits per heavy atom. The van der Waals surface area contributed by atoms with Gasteiger partial charge in [-0.3, -0.25) is 14.5 Å². The van der Waals surface area contributed by atoms with Gasteiger partial charge >= 0.3 is 11.9 Å². The summed E-state index contributed by atoms with van der Waals surface area (Å²) in [5.74, 6) is -0.279. The van der Waals surface area contributed by atoms with Crippen molar-refractivity contribution in [3.05, 3.63) is 0 Å². The van der Waals surface area contributed by atoms with Gasteiger partial charge in [0.25, 0.3) is 0 Å². The third kappa shape index (κ3) is 35.5. The summed E-state index contributed by atoms with van der Waals surface area (Å²) in [6, 6.07) is 0. The second-order valence-corrected chi connectivity index (χ2v) is 14.9. The van der Waals surface area contributed by atoms with Crippen molar-refractivity contribution in [2.45, 2.75) is 200 Å². The molecule has 0 amide bonds. The van der Waals surface area contributed by atoms with Gasteiger partial charge in [0.05, 0.1) is 25.4 Å². The molecule has 9 heteroatoms. The molecule has 0 bridgehead atoms. The monoisotopic (exact) mass is 729 g/mol. The van der Waals surface area contributed by atoms with Crippen LogP contribution in [0.3, 0.4) is 0 Å². The molecule has 9 nitrogen and oxygen atoms in total. The van der Waals surface area contributed by atoms with Crippen LogP contribution in [0.4, 0.5) is 0 Å². The minimum Gasteiger partial charge on any atom is -0.466 e. The van der Waals surface area contributed by atoms with Crippen molar-refractivity contribution in [2.75, 3.05) is 59.1 Å². The van der Waals surface area contributed by atoms with Crippen molar-refractivity contribution in [3.63, 3.8) is 0 Å². The normalized spacial score (nSPS) is 12.9. The molecule has 3 N–H and O–H groups in total. The Labute approximate surface area is 314 Å². The first-order chi connectivity index (χ1) is 24.9. The predicted octanol–water partition coefficient (Wildman–Crippen LogP) is 8.59. The van der Waals surface area contributed by atoms with E-state index in [1.54, 1.807) is 0 Å². The zero-order valence-electron chi connectivity index (χ0n) is 33.8. The maximum Gasteiger partial charge on any atom is 0.305 e. The summed E-state index contributed by atoms with van der Waals surface area (Å²) in [5, 5.41) is 30.7. The predicted molar refractivity (Wildman–Crippen MR) is 211 cm³/mol. The van der Waals surface area contributed by atoms with Crippen molar-refractivity contribution < 1.29 is 34.4 Å². The van der Waals surface area contributed by atoms with E-state index in [2.05, 4.69) is 30.6 Å². The van der Waals surface area contributed by atoms with Gasteiger partial charge < -0.3 is 29.7 Å². The fraction of sp³-hybridized carbons (Fsp3) is 0.952. The summed E-state index contributed by atoms with van der Waals surface area (Å²) in [4.78, 5) is 28.8. The molecule has 0 saturated heterocycles. The molecule has 51 heavy (non-hydrogen) atoms. The van der Waals surface area contributed by atoms with E-state index in [9.17, 15) is 24.9 Å². The Hall–Kier alpha value is -1.26. The summed E-state index contributed by atoms with van der Waals surface area (Å²) in [6.07, 6.45) is 25.8. The first kappa shape index (κ1) is 49.7. The highest BCUT2D eigenvalue weighted by Gasteiger charge is 2.17. The van der Waals surface area contributed by atoms with Crippen molar-refractivity contribution >= 4 is 11.9 Å². The van der Waals surface area contributed by atoms with Gasteiger partial charge in [0.15, 0.2) is 0 Å². The Bertz CT molecular complexity index is 737. The molecule has 0 aliphatic heterocycles. The van der Waals surface area contributed by atoms with Crippen molar-refractivity contribution in [2.24, 2.45) is 0 Å². The molecular formula is C42H84N2O7. The smallest absolute Gasteiger partial charge is 0.305 e. The van der Waals surface area contributed by atoms with Crippen LogP contribution in [0.1, 0.15) is 188 Å². The number of hydrogen-bond acceptors (Lipinski definition) is 9. The first-order valence-corrected chi connectivity index (χ1v) is 21.6. The highest BCUT2D eigenvalue weighted by atomic mass is 16.5. The Morgan fingerprint density at radius 1 is 0.471 bits per heavy atom. The molecule has 0 fully saturated rings. The molecule has 0 heterocycles. The van der Waals surface area contributed by atoms with E-state index >= 15 is 0 Å². The number of aliphatic hydroxyl groups excluding tert-OH is 3. The lowest BCUT2D eigenvalue weighted by Gasteiger charge is -2.27. The van der Waals surface area contributed by atoms with E-state index in [0.29, 0.717) is 45.6 Å². The van der Waals surface area contributed by atoms with Gasteiger partial charge in [0.1, 0.15) is 6.61 Å². The van der Waals surface area contributed by atoms with Crippen molar-refractivity contribution in [1.82, 2.24) is 9.80 Å². The van der Waals surface area contributed by atoms with Crippen molar-refractivity contribution in [3.8, 4) is 0 Å². The van der Waals surface area contributed by atoms with Crippen LogP contribution in [0.2, 0.25) is 0 Å². The fourth-order valence-corrected chi connectivity index (χ4v) is 6.54. The molecule has 0 aliphatic rings. The van der Waals surface area contributed by atoms with Gasteiger partial charge in [-0.1, -0.05) is 130 Å². The standard InChI is InChI=1S/C42H84N2O7/c1-4-7-10-13-14-15-16-25-35-50-41(48)28-21-17-23-30-43(32-34-45)31-24-18-22-29-42(49)51-36-33-44(37-39(46)26-19-11-8-5-2)38-40(47)27-20-12-9-6-3/h39-40,45-47H,4-38H2,1-3H3. The van der Waals surface area contributed by atoms with Crippen molar-refractivity contribution in [1.29, 1.82) is 0 Å². The third-order valence-electron chi connectivity index (χ3n) is 9.78. The quantitative estimate of drug-likeness (QED) is 0.0421. The van der Waals surface area contributed by atoms with Crippen LogP contribution in [-0.4, -0.2) is 108 Å². The van der Waals surface area contributed by atoms with Crippen LogP contribution >= 0.6 is 0 Å². The zero-order chi connectivity index (χ0) is 37.6. The average molecular weight is 729 g/mol. The number of ether oxygens (including phenoxy) is 2. The number of esters is 2.